The number of hydrogen-bond acceptors (Lipinski definition) is 6. The number of ether oxygens (including phenoxy) is 1. The van der Waals surface area contributed by atoms with Gasteiger partial charge in [0, 0.05) is 24.1 Å². The van der Waals surface area contributed by atoms with Gasteiger partial charge in [0.25, 0.3) is 5.91 Å². The Labute approximate surface area is 190 Å². The zero-order valence-electron chi connectivity index (χ0n) is 17.4. The number of pyridine rings is 1. The van der Waals surface area contributed by atoms with E-state index in [2.05, 4.69) is 15.6 Å². The second kappa shape index (κ2) is 10.1. The van der Waals surface area contributed by atoms with Crippen molar-refractivity contribution in [3.63, 3.8) is 0 Å². The highest BCUT2D eigenvalue weighted by Crippen LogP contribution is 2.22. The van der Waals surface area contributed by atoms with E-state index in [1.54, 1.807) is 41.3 Å². The number of anilines is 3. The number of carbonyl (C=O) groups excluding carboxylic acids is 3. The van der Waals surface area contributed by atoms with Crippen molar-refractivity contribution in [2.75, 3.05) is 48.4 Å². The number of halogens is 1. The molecule has 0 bridgehead atoms. The van der Waals surface area contributed by atoms with Crippen LogP contribution in [0.5, 0.6) is 0 Å². The van der Waals surface area contributed by atoms with Crippen LogP contribution in [0.4, 0.5) is 17.2 Å². The molecule has 1 aromatic carbocycles. The fourth-order valence-corrected chi connectivity index (χ4v) is 3.98. The normalized spacial score (nSPS) is 19.1. The molecule has 4 rings (SSSR count). The van der Waals surface area contributed by atoms with Gasteiger partial charge < -0.3 is 20.3 Å². The lowest BCUT2D eigenvalue weighted by molar-refractivity contribution is -0.126. The minimum atomic E-state index is -0.389. The highest BCUT2D eigenvalue weighted by molar-refractivity contribution is 6.30. The van der Waals surface area contributed by atoms with E-state index in [1.165, 1.54) is 6.20 Å². The molecule has 9 nitrogen and oxygen atoms in total. The molecule has 0 saturated carbocycles. The first kappa shape index (κ1) is 22.2. The minimum absolute atomic E-state index is 0.0810. The van der Waals surface area contributed by atoms with Crippen molar-refractivity contribution in [3.8, 4) is 0 Å². The highest BCUT2D eigenvalue weighted by atomic mass is 35.5. The zero-order chi connectivity index (χ0) is 22.5. The van der Waals surface area contributed by atoms with Gasteiger partial charge in [-0.2, -0.15) is 0 Å². The van der Waals surface area contributed by atoms with Crippen LogP contribution < -0.4 is 15.5 Å². The van der Waals surface area contributed by atoms with Crippen LogP contribution in [0.15, 0.2) is 42.6 Å². The Kier molecular flexibility index (Phi) is 6.99. The molecule has 3 heterocycles. The van der Waals surface area contributed by atoms with Crippen LogP contribution in [-0.2, 0) is 19.1 Å². The molecule has 1 atom stereocenters. The molecule has 2 fully saturated rings. The Bertz CT molecular complexity index is 983. The third-order valence-electron chi connectivity index (χ3n) is 5.44. The lowest BCUT2D eigenvalue weighted by Gasteiger charge is -2.27. The molecule has 2 aliphatic heterocycles. The van der Waals surface area contributed by atoms with Gasteiger partial charge in [0.1, 0.15) is 12.4 Å². The molecular weight excluding hydrogens is 434 g/mol. The summed E-state index contributed by atoms with van der Waals surface area (Å²) in [5, 5.41) is 6.13. The van der Waals surface area contributed by atoms with Crippen molar-refractivity contribution in [2.24, 2.45) is 0 Å². The number of rotatable bonds is 6. The Morgan fingerprint density at radius 2 is 1.94 bits per heavy atom. The predicted molar refractivity (Wildman–Crippen MR) is 121 cm³/mol. The first-order valence-corrected chi connectivity index (χ1v) is 10.8. The third-order valence-corrected chi connectivity index (χ3v) is 5.66. The van der Waals surface area contributed by atoms with Gasteiger partial charge >= 0.3 is 0 Å². The summed E-state index contributed by atoms with van der Waals surface area (Å²) in [5.41, 5.74) is 1.41. The van der Waals surface area contributed by atoms with Crippen molar-refractivity contribution in [1.29, 1.82) is 0 Å². The molecule has 0 aliphatic carbocycles. The molecule has 3 amide bonds. The van der Waals surface area contributed by atoms with Gasteiger partial charge in [-0.3, -0.25) is 19.3 Å². The maximum absolute atomic E-state index is 12.8. The van der Waals surface area contributed by atoms with E-state index < -0.39 is 0 Å². The van der Waals surface area contributed by atoms with Crippen molar-refractivity contribution in [1.82, 2.24) is 9.88 Å². The fourth-order valence-electron chi connectivity index (χ4n) is 3.87. The van der Waals surface area contributed by atoms with Crippen LogP contribution in [0, 0.1) is 0 Å². The molecule has 2 N–H and O–H groups in total. The van der Waals surface area contributed by atoms with Crippen LogP contribution >= 0.6 is 11.6 Å². The van der Waals surface area contributed by atoms with E-state index in [0.717, 1.165) is 12.1 Å². The van der Waals surface area contributed by atoms with Crippen molar-refractivity contribution in [2.45, 2.75) is 18.9 Å². The maximum Gasteiger partial charge on any atom is 0.253 e. The molecule has 2 aliphatic rings. The smallest absolute Gasteiger partial charge is 0.253 e. The first-order chi connectivity index (χ1) is 15.5. The lowest BCUT2D eigenvalue weighted by atomic mass is 10.2. The van der Waals surface area contributed by atoms with Gasteiger partial charge in [-0.15, -0.1) is 0 Å². The van der Waals surface area contributed by atoms with Gasteiger partial charge in [0.2, 0.25) is 11.8 Å². The van der Waals surface area contributed by atoms with E-state index in [4.69, 9.17) is 16.3 Å². The Hall–Kier alpha value is -3.01. The lowest BCUT2D eigenvalue weighted by Crippen LogP contribution is -2.43. The Morgan fingerprint density at radius 3 is 2.66 bits per heavy atom. The van der Waals surface area contributed by atoms with Crippen molar-refractivity contribution < 1.29 is 19.1 Å². The van der Waals surface area contributed by atoms with Crippen LogP contribution in [-0.4, -0.2) is 66.5 Å². The van der Waals surface area contributed by atoms with Gasteiger partial charge in [-0.25, -0.2) is 4.98 Å². The minimum Gasteiger partial charge on any atom is -0.370 e. The molecule has 168 valence electrons. The molecule has 0 spiro atoms. The largest absolute Gasteiger partial charge is 0.370 e. The van der Waals surface area contributed by atoms with Crippen LogP contribution in [0.2, 0.25) is 5.02 Å². The monoisotopic (exact) mass is 457 g/mol. The summed E-state index contributed by atoms with van der Waals surface area (Å²) in [6.07, 6.45) is 2.98. The van der Waals surface area contributed by atoms with Gasteiger partial charge in [0.05, 0.1) is 24.2 Å². The van der Waals surface area contributed by atoms with Crippen LogP contribution in [0.1, 0.15) is 12.8 Å². The van der Waals surface area contributed by atoms with E-state index in [1.807, 2.05) is 4.90 Å². The zero-order valence-corrected chi connectivity index (χ0v) is 18.2. The van der Waals surface area contributed by atoms with E-state index >= 15 is 0 Å². The Morgan fingerprint density at radius 1 is 1.12 bits per heavy atom. The average Bonchev–Trinajstić information content (AvgIpc) is 3.24. The number of aromatic nitrogens is 1. The number of morpholine rings is 1. The fraction of sp³-hybridized carbons (Fsp3) is 0.364. The van der Waals surface area contributed by atoms with Crippen LogP contribution in [0.25, 0.3) is 0 Å². The second-order valence-corrected chi connectivity index (χ2v) is 8.11. The molecule has 2 aromatic rings. The van der Waals surface area contributed by atoms with E-state index in [0.29, 0.717) is 42.6 Å². The van der Waals surface area contributed by atoms with E-state index in [-0.39, 0.29) is 36.9 Å². The molecule has 10 heteroatoms. The average molecular weight is 458 g/mol. The maximum atomic E-state index is 12.8. The summed E-state index contributed by atoms with van der Waals surface area (Å²) < 4.78 is 5.15. The summed E-state index contributed by atoms with van der Waals surface area (Å²) in [5.74, 6) is -0.0608. The first-order valence-electron chi connectivity index (χ1n) is 10.4. The molecule has 2 saturated heterocycles. The number of hydrogen-bond donors (Lipinski definition) is 2. The highest BCUT2D eigenvalue weighted by Gasteiger charge is 2.32. The Balaban J connectivity index is 1.32. The summed E-state index contributed by atoms with van der Waals surface area (Å²) in [7, 11) is 0. The number of benzene rings is 1. The molecule has 32 heavy (non-hydrogen) atoms. The van der Waals surface area contributed by atoms with E-state index in [9.17, 15) is 14.4 Å². The summed E-state index contributed by atoms with van der Waals surface area (Å²) >= 11 is 5.81. The third kappa shape index (κ3) is 5.42. The standard InChI is InChI=1S/C22H24ClN5O4/c23-15-3-8-19(24-12-15)26-20(29)13-27-9-1-2-18(27)22(31)25-16-4-6-17(7-5-16)28-10-11-32-14-21(28)30/h3-8,12,18H,1-2,9-11,13-14H2,(H,25,31)(H,24,26,29)/t18-/m1/s1. The van der Waals surface area contributed by atoms with Crippen molar-refractivity contribution in [3.05, 3.63) is 47.6 Å². The predicted octanol–water partition coefficient (Wildman–Crippen LogP) is 2.14. The topological polar surface area (TPSA) is 104 Å². The van der Waals surface area contributed by atoms with Gasteiger partial charge in [0.15, 0.2) is 0 Å². The summed E-state index contributed by atoms with van der Waals surface area (Å²) in [4.78, 5) is 44.8. The summed E-state index contributed by atoms with van der Waals surface area (Å²) in [6, 6.07) is 10.0. The molecule has 1 aromatic heterocycles. The number of nitrogens with one attached hydrogen (secondary N) is 2. The van der Waals surface area contributed by atoms with Gasteiger partial charge in [-0.05, 0) is 55.8 Å². The quantitative estimate of drug-likeness (QED) is 0.688. The number of carbonyl (C=O) groups is 3. The molecule has 0 unspecified atom stereocenters. The van der Waals surface area contributed by atoms with Crippen molar-refractivity contribution >= 4 is 46.5 Å². The number of nitrogens with zero attached hydrogens (tertiary/aromatic N) is 3. The van der Waals surface area contributed by atoms with Gasteiger partial charge in [-0.1, -0.05) is 11.6 Å². The van der Waals surface area contributed by atoms with Crippen LogP contribution in [0.3, 0.4) is 0 Å². The summed E-state index contributed by atoms with van der Waals surface area (Å²) in [6.45, 7) is 1.86. The second-order valence-electron chi connectivity index (χ2n) is 7.67. The SMILES string of the molecule is O=C(CN1CCC[C@@H]1C(=O)Nc1ccc(N2CCOCC2=O)cc1)Nc1ccc(Cl)cn1. The molecule has 0 radical (unpaired) electrons. The molecular formula is C22H24ClN5O4. The number of likely N-dealkylation sites (tertiary alicyclic amines) is 1. The number of amides is 3.